The summed E-state index contributed by atoms with van der Waals surface area (Å²) in [6, 6.07) is 8.82. The molecular formula is C21H22O9. The average molecular weight is 418 g/mol. The molecule has 1 fully saturated rings. The number of carbonyl (C=O) groups is 1. The normalized spacial score (nSPS) is 31.0. The number of phenolic OH excluding ortho intramolecular Hbond substituents is 2. The maximum absolute atomic E-state index is 12.6. The molecule has 4 rings (SSSR count). The molecule has 2 aliphatic rings. The molecule has 0 bridgehead atoms. The van der Waals surface area contributed by atoms with E-state index in [4.69, 9.17) is 14.2 Å². The summed E-state index contributed by atoms with van der Waals surface area (Å²) in [6.07, 6.45) is -6.97. The minimum absolute atomic E-state index is 0.0115. The molecule has 5 N–H and O–H groups in total. The molecule has 6 atom stereocenters. The van der Waals surface area contributed by atoms with Crippen LogP contribution in [0.5, 0.6) is 23.0 Å². The molecule has 1 saturated heterocycles. The van der Waals surface area contributed by atoms with Crippen molar-refractivity contribution in [3.8, 4) is 23.0 Å². The molecule has 0 aromatic heterocycles. The van der Waals surface area contributed by atoms with Gasteiger partial charge in [0.15, 0.2) is 5.78 Å². The van der Waals surface area contributed by atoms with Gasteiger partial charge in [-0.2, -0.15) is 0 Å². The number of phenols is 2. The molecule has 0 saturated carbocycles. The Morgan fingerprint density at radius 3 is 2.40 bits per heavy atom. The van der Waals surface area contributed by atoms with Gasteiger partial charge in [0.1, 0.15) is 53.0 Å². The third-order valence-corrected chi connectivity index (χ3v) is 5.30. The van der Waals surface area contributed by atoms with Crippen LogP contribution in [0, 0.1) is 0 Å². The molecule has 0 spiro atoms. The van der Waals surface area contributed by atoms with E-state index >= 15 is 0 Å². The number of Topliss-reactive ketones (excluding diaryl/α,β-unsaturated/α-hetero) is 1. The van der Waals surface area contributed by atoms with Gasteiger partial charge in [-0.05, 0) is 24.6 Å². The summed E-state index contributed by atoms with van der Waals surface area (Å²) >= 11 is 0. The van der Waals surface area contributed by atoms with E-state index in [2.05, 4.69) is 0 Å². The van der Waals surface area contributed by atoms with Gasteiger partial charge in [-0.25, -0.2) is 0 Å². The molecule has 9 nitrogen and oxygen atoms in total. The number of carbonyl (C=O) groups excluding carboxylic acids is 1. The first-order valence-electron chi connectivity index (χ1n) is 9.46. The zero-order valence-electron chi connectivity index (χ0n) is 16.0. The molecule has 0 unspecified atom stereocenters. The maximum atomic E-state index is 12.6. The zero-order chi connectivity index (χ0) is 21.6. The van der Waals surface area contributed by atoms with E-state index in [1.807, 2.05) is 0 Å². The molecule has 160 valence electrons. The Labute approximate surface area is 171 Å². The zero-order valence-corrected chi connectivity index (χ0v) is 16.0. The first-order chi connectivity index (χ1) is 14.2. The molecule has 9 heteroatoms. The molecule has 2 aliphatic heterocycles. The van der Waals surface area contributed by atoms with E-state index in [1.165, 1.54) is 31.2 Å². The van der Waals surface area contributed by atoms with Crippen LogP contribution in [0.1, 0.15) is 35.4 Å². The summed E-state index contributed by atoms with van der Waals surface area (Å²) in [6.45, 7) is 1.52. The van der Waals surface area contributed by atoms with Gasteiger partial charge in [0.25, 0.3) is 0 Å². The SMILES string of the molecule is C[C@@H]1O[C@@H](Oc2cc(O)c3c(c2)O[C@H](c2ccc(O)cc2)CC3=O)[C@H](O)[C@H](O)[C@H]1O. The first kappa shape index (κ1) is 20.4. The van der Waals surface area contributed by atoms with Crippen LogP contribution in [0.15, 0.2) is 36.4 Å². The number of hydrogen-bond donors (Lipinski definition) is 5. The van der Waals surface area contributed by atoms with Crippen molar-refractivity contribution >= 4 is 5.78 Å². The average Bonchev–Trinajstić information content (AvgIpc) is 2.70. The Morgan fingerprint density at radius 1 is 1.00 bits per heavy atom. The number of rotatable bonds is 3. The van der Waals surface area contributed by atoms with Crippen molar-refractivity contribution in [1.82, 2.24) is 0 Å². The van der Waals surface area contributed by atoms with Crippen LogP contribution in [-0.2, 0) is 4.74 Å². The van der Waals surface area contributed by atoms with Crippen LogP contribution in [0.4, 0.5) is 0 Å². The Bertz CT molecular complexity index is 942. The van der Waals surface area contributed by atoms with E-state index in [-0.39, 0.29) is 40.8 Å². The first-order valence-corrected chi connectivity index (χ1v) is 9.46. The van der Waals surface area contributed by atoms with Gasteiger partial charge in [0.2, 0.25) is 6.29 Å². The third kappa shape index (κ3) is 3.68. The largest absolute Gasteiger partial charge is 0.508 e. The highest BCUT2D eigenvalue weighted by molar-refractivity contribution is 6.02. The summed E-state index contributed by atoms with van der Waals surface area (Å²) < 4.78 is 16.9. The van der Waals surface area contributed by atoms with Gasteiger partial charge < -0.3 is 39.7 Å². The number of benzene rings is 2. The van der Waals surface area contributed by atoms with Crippen molar-refractivity contribution in [1.29, 1.82) is 0 Å². The number of hydrogen-bond acceptors (Lipinski definition) is 9. The van der Waals surface area contributed by atoms with Crippen LogP contribution >= 0.6 is 0 Å². The summed E-state index contributed by atoms with van der Waals surface area (Å²) in [5.41, 5.74) is 0.695. The topological polar surface area (TPSA) is 146 Å². The molecule has 2 aromatic rings. The minimum Gasteiger partial charge on any atom is -0.508 e. The number of aromatic hydroxyl groups is 2. The predicted molar refractivity (Wildman–Crippen MR) is 102 cm³/mol. The van der Waals surface area contributed by atoms with Crippen molar-refractivity contribution in [2.45, 2.75) is 50.2 Å². The number of fused-ring (bicyclic) bond motifs is 1. The quantitative estimate of drug-likeness (QED) is 0.493. The standard InChI is InChI=1S/C21H22O9/c1-9-18(25)19(26)20(27)21(28-9)29-12-6-13(23)17-14(24)8-15(30-16(17)7-12)10-2-4-11(22)5-3-10/h2-7,9,15,18-23,25-27H,8H2,1H3/t9-,15-,18-,19+,20+,21-/m0/s1. The number of ketones is 1. The van der Waals surface area contributed by atoms with Crippen molar-refractivity contribution in [3.63, 3.8) is 0 Å². The lowest BCUT2D eigenvalue weighted by Gasteiger charge is -2.39. The van der Waals surface area contributed by atoms with Gasteiger partial charge >= 0.3 is 0 Å². The second kappa shape index (κ2) is 7.77. The van der Waals surface area contributed by atoms with E-state index in [9.17, 15) is 30.3 Å². The van der Waals surface area contributed by atoms with E-state index in [0.717, 1.165) is 0 Å². The minimum atomic E-state index is -1.53. The predicted octanol–water partition coefficient (Wildman–Crippen LogP) is 1.01. The van der Waals surface area contributed by atoms with Crippen molar-refractivity contribution in [2.75, 3.05) is 0 Å². The lowest BCUT2D eigenvalue weighted by Crippen LogP contribution is -2.58. The molecular weight excluding hydrogens is 396 g/mol. The molecule has 2 aromatic carbocycles. The lowest BCUT2D eigenvalue weighted by atomic mass is 9.95. The van der Waals surface area contributed by atoms with Crippen LogP contribution < -0.4 is 9.47 Å². The summed E-state index contributed by atoms with van der Waals surface area (Å²) in [5, 5.41) is 49.6. The van der Waals surface area contributed by atoms with E-state index < -0.39 is 36.8 Å². The Hall–Kier alpha value is -2.85. The van der Waals surface area contributed by atoms with Crippen LogP contribution in [0.25, 0.3) is 0 Å². The van der Waals surface area contributed by atoms with Crippen LogP contribution in [0.2, 0.25) is 0 Å². The van der Waals surface area contributed by atoms with Crippen molar-refractivity contribution < 1.29 is 44.5 Å². The fourth-order valence-electron chi connectivity index (χ4n) is 3.60. The van der Waals surface area contributed by atoms with Gasteiger partial charge in [0.05, 0.1) is 12.5 Å². The Morgan fingerprint density at radius 2 is 1.70 bits per heavy atom. The second-order valence-electron chi connectivity index (χ2n) is 7.44. The molecule has 30 heavy (non-hydrogen) atoms. The third-order valence-electron chi connectivity index (χ3n) is 5.30. The maximum Gasteiger partial charge on any atom is 0.229 e. The molecule has 2 heterocycles. The van der Waals surface area contributed by atoms with Crippen LogP contribution in [-0.4, -0.2) is 62.0 Å². The fraction of sp³-hybridized carbons (Fsp3) is 0.381. The van der Waals surface area contributed by atoms with E-state index in [0.29, 0.717) is 5.56 Å². The van der Waals surface area contributed by atoms with Crippen molar-refractivity contribution in [3.05, 3.63) is 47.5 Å². The molecule has 0 aliphatic carbocycles. The number of aliphatic hydroxyl groups excluding tert-OH is 3. The van der Waals surface area contributed by atoms with E-state index in [1.54, 1.807) is 12.1 Å². The second-order valence-corrected chi connectivity index (χ2v) is 7.44. The highest BCUT2D eigenvalue weighted by Crippen LogP contribution is 2.42. The molecule has 0 radical (unpaired) electrons. The summed E-state index contributed by atoms with van der Waals surface area (Å²) in [5.74, 6) is -0.444. The van der Waals surface area contributed by atoms with Crippen LogP contribution in [0.3, 0.4) is 0 Å². The summed E-state index contributed by atoms with van der Waals surface area (Å²) in [4.78, 5) is 12.6. The van der Waals surface area contributed by atoms with Gasteiger partial charge in [-0.15, -0.1) is 0 Å². The fourth-order valence-corrected chi connectivity index (χ4v) is 3.60. The van der Waals surface area contributed by atoms with Crippen molar-refractivity contribution in [2.24, 2.45) is 0 Å². The Kier molecular flexibility index (Phi) is 5.29. The Balaban J connectivity index is 1.59. The van der Waals surface area contributed by atoms with Gasteiger partial charge in [-0.3, -0.25) is 4.79 Å². The lowest BCUT2D eigenvalue weighted by molar-refractivity contribution is -0.268. The summed E-state index contributed by atoms with van der Waals surface area (Å²) in [7, 11) is 0. The monoisotopic (exact) mass is 418 g/mol. The molecule has 0 amide bonds. The highest BCUT2D eigenvalue weighted by Gasteiger charge is 2.43. The van der Waals surface area contributed by atoms with Gasteiger partial charge in [-0.1, -0.05) is 12.1 Å². The smallest absolute Gasteiger partial charge is 0.229 e. The number of aliphatic hydroxyl groups is 3. The van der Waals surface area contributed by atoms with Gasteiger partial charge in [0, 0.05) is 12.1 Å². The highest BCUT2D eigenvalue weighted by atomic mass is 16.7. The number of ether oxygens (including phenoxy) is 3.